The van der Waals surface area contributed by atoms with E-state index in [1.54, 1.807) is 0 Å². The first-order chi connectivity index (χ1) is 8.21. The molecule has 1 unspecified atom stereocenters. The first kappa shape index (κ1) is 14.9. The molecule has 0 saturated heterocycles. The SMILES string of the molecule is Cc1ccc(C(C)(C)C)cc1C(=O)CCC(C)N. The molecule has 0 amide bonds. The first-order valence-corrected chi connectivity index (χ1v) is 6.61. The topological polar surface area (TPSA) is 43.1 Å². The lowest BCUT2D eigenvalue weighted by molar-refractivity contribution is 0.0977. The summed E-state index contributed by atoms with van der Waals surface area (Å²) in [5.41, 5.74) is 8.89. The summed E-state index contributed by atoms with van der Waals surface area (Å²) in [6.45, 7) is 10.4. The van der Waals surface area contributed by atoms with Crippen LogP contribution >= 0.6 is 0 Å². The molecule has 0 aromatic heterocycles. The zero-order valence-corrected chi connectivity index (χ0v) is 12.2. The van der Waals surface area contributed by atoms with Crippen LogP contribution in [0.15, 0.2) is 18.2 Å². The van der Waals surface area contributed by atoms with E-state index in [1.165, 1.54) is 5.56 Å². The number of hydrogen-bond donors (Lipinski definition) is 1. The number of carbonyl (C=O) groups excluding carboxylic acids is 1. The third-order valence-electron chi connectivity index (χ3n) is 3.23. The second kappa shape index (κ2) is 5.66. The molecule has 1 aromatic carbocycles. The van der Waals surface area contributed by atoms with Crippen molar-refractivity contribution in [1.29, 1.82) is 0 Å². The van der Waals surface area contributed by atoms with Gasteiger partial charge in [0.2, 0.25) is 0 Å². The minimum Gasteiger partial charge on any atom is -0.328 e. The largest absolute Gasteiger partial charge is 0.328 e. The van der Waals surface area contributed by atoms with Crippen molar-refractivity contribution < 1.29 is 4.79 Å². The zero-order valence-electron chi connectivity index (χ0n) is 12.2. The van der Waals surface area contributed by atoms with E-state index in [1.807, 2.05) is 26.0 Å². The number of carbonyl (C=O) groups is 1. The maximum atomic E-state index is 12.2. The molecule has 0 heterocycles. The van der Waals surface area contributed by atoms with Gasteiger partial charge in [-0.15, -0.1) is 0 Å². The van der Waals surface area contributed by atoms with Gasteiger partial charge in [0.1, 0.15) is 0 Å². The van der Waals surface area contributed by atoms with Crippen LogP contribution in [0, 0.1) is 6.92 Å². The Morgan fingerprint density at radius 2 is 1.94 bits per heavy atom. The molecule has 100 valence electrons. The molecule has 2 N–H and O–H groups in total. The van der Waals surface area contributed by atoms with Gasteiger partial charge in [0.25, 0.3) is 0 Å². The van der Waals surface area contributed by atoms with Crippen molar-refractivity contribution in [3.05, 3.63) is 34.9 Å². The maximum Gasteiger partial charge on any atom is 0.163 e. The molecular formula is C16H25NO. The van der Waals surface area contributed by atoms with Gasteiger partial charge in [-0.05, 0) is 42.9 Å². The average molecular weight is 247 g/mol. The standard InChI is InChI=1S/C16H25NO/c1-11-6-8-13(16(3,4)5)10-14(11)15(18)9-7-12(2)17/h6,8,10,12H,7,9,17H2,1-5H3. The number of rotatable bonds is 4. The van der Waals surface area contributed by atoms with E-state index < -0.39 is 0 Å². The van der Waals surface area contributed by atoms with Crippen molar-refractivity contribution in [3.63, 3.8) is 0 Å². The maximum absolute atomic E-state index is 12.2. The Kier molecular flexibility index (Phi) is 4.69. The first-order valence-electron chi connectivity index (χ1n) is 6.61. The Labute approximate surface area is 111 Å². The predicted molar refractivity (Wildman–Crippen MR) is 77.1 cm³/mol. The zero-order chi connectivity index (χ0) is 13.9. The van der Waals surface area contributed by atoms with E-state index >= 15 is 0 Å². The van der Waals surface area contributed by atoms with Gasteiger partial charge in [-0.2, -0.15) is 0 Å². The van der Waals surface area contributed by atoms with E-state index in [2.05, 4.69) is 26.8 Å². The van der Waals surface area contributed by atoms with Crippen LogP contribution in [0.2, 0.25) is 0 Å². The van der Waals surface area contributed by atoms with E-state index in [4.69, 9.17) is 5.73 Å². The summed E-state index contributed by atoms with van der Waals surface area (Å²) < 4.78 is 0. The van der Waals surface area contributed by atoms with Gasteiger partial charge in [-0.3, -0.25) is 4.79 Å². The molecule has 2 nitrogen and oxygen atoms in total. The van der Waals surface area contributed by atoms with Crippen LogP contribution in [0.4, 0.5) is 0 Å². The summed E-state index contributed by atoms with van der Waals surface area (Å²) in [6.07, 6.45) is 1.28. The molecule has 2 heteroatoms. The van der Waals surface area contributed by atoms with E-state index in [-0.39, 0.29) is 17.2 Å². The van der Waals surface area contributed by atoms with Gasteiger partial charge in [0.15, 0.2) is 5.78 Å². The normalized spacial score (nSPS) is 13.4. The quantitative estimate of drug-likeness (QED) is 0.826. The third kappa shape index (κ3) is 3.95. The summed E-state index contributed by atoms with van der Waals surface area (Å²) in [5.74, 6) is 0.205. The Balaban J connectivity index is 2.97. The van der Waals surface area contributed by atoms with Crippen molar-refractivity contribution in [2.24, 2.45) is 5.73 Å². The number of ketones is 1. The molecule has 18 heavy (non-hydrogen) atoms. The van der Waals surface area contributed by atoms with Crippen LogP contribution in [0.1, 0.15) is 62.0 Å². The van der Waals surface area contributed by atoms with E-state index in [0.717, 1.165) is 17.5 Å². The predicted octanol–water partition coefficient (Wildman–Crippen LogP) is 3.60. The van der Waals surface area contributed by atoms with Crippen molar-refractivity contribution in [1.82, 2.24) is 0 Å². The molecule has 1 atom stereocenters. The monoisotopic (exact) mass is 247 g/mol. The number of benzene rings is 1. The molecule has 0 aliphatic rings. The highest BCUT2D eigenvalue weighted by atomic mass is 16.1. The van der Waals surface area contributed by atoms with Crippen LogP contribution in [-0.4, -0.2) is 11.8 Å². The fraction of sp³-hybridized carbons (Fsp3) is 0.562. The number of aryl methyl sites for hydroxylation is 1. The van der Waals surface area contributed by atoms with Crippen LogP contribution in [0.3, 0.4) is 0 Å². The fourth-order valence-corrected chi connectivity index (χ4v) is 1.88. The van der Waals surface area contributed by atoms with Gasteiger partial charge in [-0.25, -0.2) is 0 Å². The van der Waals surface area contributed by atoms with Crippen LogP contribution in [0.25, 0.3) is 0 Å². The molecule has 0 fully saturated rings. The van der Waals surface area contributed by atoms with Gasteiger partial charge < -0.3 is 5.73 Å². The number of hydrogen-bond acceptors (Lipinski definition) is 2. The second-order valence-corrected chi connectivity index (χ2v) is 6.22. The van der Waals surface area contributed by atoms with Crippen LogP contribution in [-0.2, 0) is 5.41 Å². The van der Waals surface area contributed by atoms with Crippen LogP contribution < -0.4 is 5.73 Å². The molecule has 1 rings (SSSR count). The van der Waals surface area contributed by atoms with Gasteiger partial charge in [0, 0.05) is 18.0 Å². The Morgan fingerprint density at radius 3 is 2.44 bits per heavy atom. The van der Waals surface area contributed by atoms with Gasteiger partial charge in [-0.1, -0.05) is 32.9 Å². The van der Waals surface area contributed by atoms with Gasteiger partial charge in [0.05, 0.1) is 0 Å². The molecule has 1 aromatic rings. The molecule has 0 spiro atoms. The fourth-order valence-electron chi connectivity index (χ4n) is 1.88. The van der Waals surface area contributed by atoms with E-state index in [9.17, 15) is 4.79 Å². The Hall–Kier alpha value is -1.15. The molecule has 0 saturated carbocycles. The van der Waals surface area contributed by atoms with Crippen molar-refractivity contribution in [2.45, 2.75) is 58.9 Å². The molecular weight excluding hydrogens is 222 g/mol. The molecule has 0 aliphatic carbocycles. The number of Topliss-reactive ketones (excluding diaryl/α,β-unsaturated/α-hetero) is 1. The lowest BCUT2D eigenvalue weighted by Crippen LogP contribution is -2.17. The highest BCUT2D eigenvalue weighted by Gasteiger charge is 2.17. The minimum atomic E-state index is 0.0733. The van der Waals surface area contributed by atoms with Gasteiger partial charge >= 0.3 is 0 Å². The van der Waals surface area contributed by atoms with E-state index in [0.29, 0.717) is 6.42 Å². The lowest BCUT2D eigenvalue weighted by Gasteiger charge is -2.20. The third-order valence-corrected chi connectivity index (χ3v) is 3.23. The summed E-state index contributed by atoms with van der Waals surface area (Å²) in [4.78, 5) is 12.2. The number of nitrogens with two attached hydrogens (primary N) is 1. The van der Waals surface area contributed by atoms with Crippen molar-refractivity contribution in [2.75, 3.05) is 0 Å². The minimum absolute atomic E-state index is 0.0733. The summed E-state index contributed by atoms with van der Waals surface area (Å²) in [7, 11) is 0. The van der Waals surface area contributed by atoms with Crippen LogP contribution in [0.5, 0.6) is 0 Å². The lowest BCUT2D eigenvalue weighted by atomic mass is 9.84. The molecule has 0 bridgehead atoms. The van der Waals surface area contributed by atoms with Crippen molar-refractivity contribution in [3.8, 4) is 0 Å². The molecule has 0 aliphatic heterocycles. The van der Waals surface area contributed by atoms with Crippen molar-refractivity contribution >= 4 is 5.78 Å². The summed E-state index contributed by atoms with van der Waals surface area (Å²) >= 11 is 0. The summed E-state index contributed by atoms with van der Waals surface area (Å²) in [5, 5.41) is 0. The second-order valence-electron chi connectivity index (χ2n) is 6.22. The Bertz CT molecular complexity index is 427. The average Bonchev–Trinajstić information content (AvgIpc) is 2.24. The Morgan fingerprint density at radius 1 is 1.33 bits per heavy atom. The summed E-state index contributed by atoms with van der Waals surface area (Å²) in [6, 6.07) is 6.27. The molecule has 0 radical (unpaired) electrons. The highest BCUT2D eigenvalue weighted by Crippen LogP contribution is 2.25. The smallest absolute Gasteiger partial charge is 0.163 e. The highest BCUT2D eigenvalue weighted by molar-refractivity contribution is 5.97.